The molecule has 0 spiro atoms. The van der Waals surface area contributed by atoms with Crippen molar-refractivity contribution in [1.29, 1.82) is 0 Å². The van der Waals surface area contributed by atoms with Gasteiger partial charge in [0.15, 0.2) is 12.0 Å². The van der Waals surface area contributed by atoms with E-state index in [2.05, 4.69) is 5.32 Å². The van der Waals surface area contributed by atoms with Crippen molar-refractivity contribution in [2.24, 2.45) is 10.8 Å². The Balaban J connectivity index is 2.69. The van der Waals surface area contributed by atoms with Gasteiger partial charge in [0.1, 0.15) is 6.10 Å². The number of amides is 1. The van der Waals surface area contributed by atoms with Gasteiger partial charge in [-0.05, 0) is 78.5 Å². The van der Waals surface area contributed by atoms with Crippen molar-refractivity contribution in [3.8, 4) is 11.1 Å². The van der Waals surface area contributed by atoms with Crippen LogP contribution in [0.5, 0.6) is 0 Å². The predicted molar refractivity (Wildman–Crippen MR) is 172 cm³/mol. The Morgan fingerprint density at radius 1 is 0.826 bits per heavy atom. The molecule has 254 valence electrons. The number of carbonyl (C=O) groups is 4. The molecule has 46 heavy (non-hydrogen) atoms. The number of nitrogens with zero attached hydrogens (tertiary/aromatic N) is 1. The van der Waals surface area contributed by atoms with Crippen molar-refractivity contribution >= 4 is 31.4 Å². The monoisotopic (exact) mass is 662 g/mol. The van der Waals surface area contributed by atoms with Gasteiger partial charge in [0, 0.05) is 6.54 Å². The van der Waals surface area contributed by atoms with E-state index < -0.39 is 72.8 Å². The first kappa shape index (κ1) is 38.6. The van der Waals surface area contributed by atoms with E-state index >= 15 is 0 Å². The molecule has 4 atom stereocenters. The Morgan fingerprint density at radius 2 is 1.33 bits per heavy atom. The second-order valence-electron chi connectivity index (χ2n) is 13.3. The molecule has 0 heterocycles. The third-order valence-electron chi connectivity index (χ3n) is 7.08. The molecular weight excluding hydrogens is 615 g/mol. The zero-order valence-corrected chi connectivity index (χ0v) is 28.6. The van der Waals surface area contributed by atoms with Crippen LogP contribution in [0.3, 0.4) is 0 Å². The maximum absolute atomic E-state index is 13.8. The van der Waals surface area contributed by atoms with E-state index in [4.69, 9.17) is 14.6 Å². The SMILES string of the molecule is CC(OC(=O)C(C)(C)C)C(N(C(C)OC(=O)C(C)(C)C)C(Cc1ccc(-c2ccccc2)cc1)C(=O)NCCC(=O)O)P(=O)(O)O. The van der Waals surface area contributed by atoms with Crippen molar-refractivity contribution in [1.82, 2.24) is 10.2 Å². The number of carboxylic acid groups (broad SMARTS) is 1. The van der Waals surface area contributed by atoms with Crippen LogP contribution in [0.4, 0.5) is 0 Å². The maximum atomic E-state index is 13.8. The summed E-state index contributed by atoms with van der Waals surface area (Å²) in [5.41, 5.74) is 0.427. The summed E-state index contributed by atoms with van der Waals surface area (Å²) in [5.74, 6) is -5.29. The average Bonchev–Trinajstić information content (AvgIpc) is 2.93. The van der Waals surface area contributed by atoms with Crippen LogP contribution >= 0.6 is 7.60 Å². The quantitative estimate of drug-likeness (QED) is 0.126. The van der Waals surface area contributed by atoms with Gasteiger partial charge in [0.25, 0.3) is 0 Å². The minimum atomic E-state index is -5.24. The molecule has 0 fully saturated rings. The molecular formula is C33H47N2O10P. The lowest BCUT2D eigenvalue weighted by Gasteiger charge is -2.43. The maximum Gasteiger partial charge on any atom is 0.346 e. The Hall–Kier alpha value is -3.57. The number of benzene rings is 2. The zero-order valence-electron chi connectivity index (χ0n) is 27.7. The smallest absolute Gasteiger partial charge is 0.346 e. The highest BCUT2D eigenvalue weighted by Crippen LogP contribution is 2.48. The molecule has 0 aromatic heterocycles. The fourth-order valence-corrected chi connectivity index (χ4v) is 5.88. The third-order valence-corrected chi connectivity index (χ3v) is 8.45. The van der Waals surface area contributed by atoms with Crippen LogP contribution < -0.4 is 5.32 Å². The van der Waals surface area contributed by atoms with Crippen LogP contribution in [0, 0.1) is 10.8 Å². The number of aliphatic carboxylic acids is 1. The van der Waals surface area contributed by atoms with Gasteiger partial charge in [-0.25, -0.2) is 4.90 Å². The molecule has 4 N–H and O–H groups in total. The molecule has 2 aromatic rings. The van der Waals surface area contributed by atoms with E-state index in [1.807, 2.05) is 42.5 Å². The molecule has 1 amide bonds. The van der Waals surface area contributed by atoms with Crippen LogP contribution in [0.2, 0.25) is 0 Å². The van der Waals surface area contributed by atoms with Gasteiger partial charge in [-0.15, -0.1) is 0 Å². The van der Waals surface area contributed by atoms with Crippen molar-refractivity contribution in [2.75, 3.05) is 6.54 Å². The summed E-state index contributed by atoms with van der Waals surface area (Å²) >= 11 is 0. The van der Waals surface area contributed by atoms with E-state index in [0.29, 0.717) is 5.56 Å². The van der Waals surface area contributed by atoms with E-state index in [1.165, 1.54) is 13.8 Å². The average molecular weight is 663 g/mol. The zero-order chi connectivity index (χ0) is 35.0. The van der Waals surface area contributed by atoms with E-state index in [-0.39, 0.29) is 13.0 Å². The van der Waals surface area contributed by atoms with Gasteiger partial charge in [0.2, 0.25) is 5.91 Å². The summed E-state index contributed by atoms with van der Waals surface area (Å²) in [6.45, 7) is 12.0. The number of nitrogens with one attached hydrogen (secondary N) is 1. The normalized spacial score (nSPS) is 14.9. The van der Waals surface area contributed by atoms with E-state index in [0.717, 1.165) is 16.0 Å². The third kappa shape index (κ3) is 11.3. The molecule has 4 unspecified atom stereocenters. The molecule has 0 aliphatic heterocycles. The fourth-order valence-electron chi connectivity index (χ4n) is 4.57. The standard InChI is InChI=1S/C33H47N2O10P/c1-21(44-30(39)32(3,4)5)29(46(41,42)43)35(22(2)45-31(40)33(6,7)8)26(28(38)34-19-18-27(36)37)20-23-14-16-25(17-15-23)24-12-10-9-11-13-24/h9-17,21-22,26,29H,18-20H2,1-8H3,(H,34,38)(H,36,37)(H2,41,42,43). The molecule has 0 saturated carbocycles. The Bertz CT molecular complexity index is 1390. The van der Waals surface area contributed by atoms with Crippen LogP contribution in [-0.4, -0.2) is 74.3 Å². The minimum absolute atomic E-state index is 0.123. The first-order valence-corrected chi connectivity index (χ1v) is 16.7. The molecule has 13 heteroatoms. The number of carboxylic acids is 1. The number of esters is 2. The lowest BCUT2D eigenvalue weighted by Crippen LogP contribution is -2.60. The van der Waals surface area contributed by atoms with Gasteiger partial charge in [-0.3, -0.25) is 23.7 Å². The molecule has 2 aromatic carbocycles. The summed E-state index contributed by atoms with van der Waals surface area (Å²) in [5, 5.41) is 11.7. The molecule has 0 bridgehead atoms. The van der Waals surface area contributed by atoms with Crippen LogP contribution in [-0.2, 0) is 39.6 Å². The van der Waals surface area contributed by atoms with Crippen molar-refractivity contribution in [3.63, 3.8) is 0 Å². The Morgan fingerprint density at radius 3 is 1.80 bits per heavy atom. The Labute approximate surface area is 270 Å². The first-order chi connectivity index (χ1) is 21.1. The molecule has 0 aliphatic carbocycles. The summed E-state index contributed by atoms with van der Waals surface area (Å²) in [6, 6.07) is 15.4. The molecule has 0 saturated heterocycles. The highest BCUT2D eigenvalue weighted by molar-refractivity contribution is 7.52. The van der Waals surface area contributed by atoms with Gasteiger partial charge in [-0.1, -0.05) is 54.6 Å². The van der Waals surface area contributed by atoms with Gasteiger partial charge in [-0.2, -0.15) is 0 Å². The number of hydrogen-bond donors (Lipinski definition) is 4. The van der Waals surface area contributed by atoms with Crippen molar-refractivity contribution < 1.29 is 48.1 Å². The highest BCUT2D eigenvalue weighted by atomic mass is 31.2. The molecule has 0 aliphatic rings. The number of carbonyl (C=O) groups excluding carboxylic acids is 3. The number of rotatable bonds is 14. The van der Waals surface area contributed by atoms with E-state index in [1.54, 1.807) is 53.7 Å². The first-order valence-electron chi connectivity index (χ1n) is 15.0. The van der Waals surface area contributed by atoms with Crippen LogP contribution in [0.1, 0.15) is 67.4 Å². The molecule has 12 nitrogen and oxygen atoms in total. The summed E-state index contributed by atoms with van der Waals surface area (Å²) in [6.07, 6.45) is -3.40. The van der Waals surface area contributed by atoms with Crippen LogP contribution in [0.15, 0.2) is 54.6 Å². The van der Waals surface area contributed by atoms with Gasteiger partial charge >= 0.3 is 25.5 Å². The lowest BCUT2D eigenvalue weighted by atomic mass is 9.97. The van der Waals surface area contributed by atoms with Crippen molar-refractivity contribution in [2.45, 2.75) is 92.4 Å². The molecule has 2 rings (SSSR count). The summed E-state index contributed by atoms with van der Waals surface area (Å²) in [4.78, 5) is 73.4. The molecule has 0 radical (unpaired) electrons. The predicted octanol–water partition coefficient (Wildman–Crippen LogP) is 4.57. The van der Waals surface area contributed by atoms with Gasteiger partial charge < -0.3 is 29.7 Å². The van der Waals surface area contributed by atoms with Gasteiger partial charge in [0.05, 0.1) is 23.3 Å². The Kier molecular flexibility index (Phi) is 13.3. The van der Waals surface area contributed by atoms with E-state index in [9.17, 15) is 33.5 Å². The topological polar surface area (TPSA) is 180 Å². The number of hydrogen-bond acceptors (Lipinski definition) is 8. The number of ether oxygens (including phenoxy) is 2. The fraction of sp³-hybridized carbons (Fsp3) is 0.515. The second kappa shape index (κ2) is 15.8. The minimum Gasteiger partial charge on any atom is -0.481 e. The second-order valence-corrected chi connectivity index (χ2v) is 15.0. The largest absolute Gasteiger partial charge is 0.481 e. The van der Waals surface area contributed by atoms with Crippen LogP contribution in [0.25, 0.3) is 11.1 Å². The lowest BCUT2D eigenvalue weighted by molar-refractivity contribution is -0.179. The summed E-state index contributed by atoms with van der Waals surface area (Å²) < 4.78 is 24.5. The summed E-state index contributed by atoms with van der Waals surface area (Å²) in [7, 11) is -5.24. The highest BCUT2D eigenvalue weighted by Gasteiger charge is 2.49. The van der Waals surface area contributed by atoms with Crippen molar-refractivity contribution in [3.05, 3.63) is 60.2 Å².